The number of unbranched alkanes of at least 4 members (excludes halogenated alkanes) is 2. The molecule has 0 bridgehead atoms. The van der Waals surface area contributed by atoms with E-state index < -0.39 is 0 Å². The molecular formula is C15H28N2O2. The summed E-state index contributed by atoms with van der Waals surface area (Å²) in [5.41, 5.74) is 0. The Balaban J connectivity index is 2.13. The molecule has 0 radical (unpaired) electrons. The zero-order valence-corrected chi connectivity index (χ0v) is 12.4. The Kier molecular flexibility index (Phi) is 7.53. The summed E-state index contributed by atoms with van der Waals surface area (Å²) in [4.78, 5) is 24.9. The number of hydrogen-bond donors (Lipinski definition) is 1. The van der Waals surface area contributed by atoms with Crippen molar-refractivity contribution in [1.29, 1.82) is 0 Å². The molecule has 0 aromatic carbocycles. The third-order valence-electron chi connectivity index (χ3n) is 3.87. The lowest BCUT2D eigenvalue weighted by Crippen LogP contribution is -2.38. The second kappa shape index (κ2) is 8.94. The number of hydrogen-bond acceptors (Lipinski definition) is 2. The second-order valence-corrected chi connectivity index (χ2v) is 5.41. The van der Waals surface area contributed by atoms with E-state index in [0.29, 0.717) is 18.4 Å². The normalized spacial score (nSPS) is 15.5. The van der Waals surface area contributed by atoms with Gasteiger partial charge in [0.15, 0.2) is 0 Å². The van der Waals surface area contributed by atoms with Crippen molar-refractivity contribution in [2.75, 3.05) is 13.1 Å². The molecule has 0 atom stereocenters. The van der Waals surface area contributed by atoms with Crippen LogP contribution < -0.4 is 5.32 Å². The van der Waals surface area contributed by atoms with Gasteiger partial charge in [0.2, 0.25) is 11.8 Å². The third-order valence-corrected chi connectivity index (χ3v) is 3.87. The van der Waals surface area contributed by atoms with E-state index in [2.05, 4.69) is 17.1 Å². The standard InChI is InChI=1S/C15H28N2O2/c1-3-17(14-9-6-7-10-14)15(19)11-5-4-8-12-16-13(2)18/h14H,3-12H2,1-2H3,(H,16,18). The summed E-state index contributed by atoms with van der Waals surface area (Å²) in [6.07, 6.45) is 8.46. The van der Waals surface area contributed by atoms with Crippen LogP contribution in [0.3, 0.4) is 0 Å². The topological polar surface area (TPSA) is 49.4 Å². The van der Waals surface area contributed by atoms with E-state index in [4.69, 9.17) is 0 Å². The molecule has 1 rings (SSSR count). The molecule has 110 valence electrons. The highest BCUT2D eigenvalue weighted by Crippen LogP contribution is 2.24. The quantitative estimate of drug-likeness (QED) is 0.688. The minimum absolute atomic E-state index is 0.0227. The predicted octanol–water partition coefficient (Wildman–Crippen LogP) is 2.47. The molecule has 1 N–H and O–H groups in total. The van der Waals surface area contributed by atoms with Gasteiger partial charge in [0.25, 0.3) is 0 Å². The van der Waals surface area contributed by atoms with Crippen LogP contribution in [0.25, 0.3) is 0 Å². The fraction of sp³-hybridized carbons (Fsp3) is 0.867. The second-order valence-electron chi connectivity index (χ2n) is 5.41. The van der Waals surface area contributed by atoms with Crippen LogP contribution in [0.4, 0.5) is 0 Å². The highest BCUT2D eigenvalue weighted by atomic mass is 16.2. The molecular weight excluding hydrogens is 240 g/mol. The minimum atomic E-state index is 0.0227. The Labute approximate surface area is 116 Å². The van der Waals surface area contributed by atoms with Crippen LogP contribution in [0.1, 0.15) is 65.2 Å². The van der Waals surface area contributed by atoms with Crippen LogP contribution in [-0.2, 0) is 9.59 Å². The van der Waals surface area contributed by atoms with E-state index in [9.17, 15) is 9.59 Å². The van der Waals surface area contributed by atoms with Gasteiger partial charge in [-0.25, -0.2) is 0 Å². The van der Waals surface area contributed by atoms with Crippen molar-refractivity contribution >= 4 is 11.8 Å². The Bertz CT molecular complexity index is 286. The average Bonchev–Trinajstić information content (AvgIpc) is 2.88. The zero-order valence-electron chi connectivity index (χ0n) is 12.4. The Morgan fingerprint density at radius 3 is 2.42 bits per heavy atom. The van der Waals surface area contributed by atoms with Gasteiger partial charge in [0, 0.05) is 32.5 Å². The van der Waals surface area contributed by atoms with Crippen LogP contribution in [-0.4, -0.2) is 35.8 Å². The first-order chi connectivity index (χ1) is 9.15. The van der Waals surface area contributed by atoms with Crippen molar-refractivity contribution in [3.05, 3.63) is 0 Å². The fourth-order valence-electron chi connectivity index (χ4n) is 2.84. The average molecular weight is 268 g/mol. The van der Waals surface area contributed by atoms with E-state index >= 15 is 0 Å². The van der Waals surface area contributed by atoms with Crippen molar-refractivity contribution in [2.45, 2.75) is 71.3 Å². The van der Waals surface area contributed by atoms with Crippen molar-refractivity contribution in [3.63, 3.8) is 0 Å². The Hall–Kier alpha value is -1.06. The molecule has 0 aliphatic heterocycles. The van der Waals surface area contributed by atoms with Crippen molar-refractivity contribution in [1.82, 2.24) is 10.2 Å². The molecule has 2 amide bonds. The van der Waals surface area contributed by atoms with E-state index in [1.807, 2.05) is 0 Å². The Morgan fingerprint density at radius 1 is 1.16 bits per heavy atom. The molecule has 0 spiro atoms. The summed E-state index contributed by atoms with van der Waals surface area (Å²) in [5, 5.41) is 2.78. The maximum absolute atomic E-state index is 12.2. The first-order valence-corrected chi connectivity index (χ1v) is 7.69. The van der Waals surface area contributed by atoms with Crippen LogP contribution >= 0.6 is 0 Å². The van der Waals surface area contributed by atoms with E-state index in [-0.39, 0.29) is 5.91 Å². The van der Waals surface area contributed by atoms with Gasteiger partial charge in [-0.2, -0.15) is 0 Å². The molecule has 4 heteroatoms. The van der Waals surface area contributed by atoms with Gasteiger partial charge in [-0.3, -0.25) is 9.59 Å². The van der Waals surface area contributed by atoms with E-state index in [1.165, 1.54) is 32.6 Å². The first kappa shape index (κ1) is 16.0. The molecule has 1 fully saturated rings. The van der Waals surface area contributed by atoms with Crippen LogP contribution in [0.15, 0.2) is 0 Å². The van der Waals surface area contributed by atoms with Crippen molar-refractivity contribution in [2.24, 2.45) is 0 Å². The molecule has 4 nitrogen and oxygen atoms in total. The number of carbonyl (C=O) groups is 2. The molecule has 0 saturated heterocycles. The molecule has 1 aliphatic carbocycles. The SMILES string of the molecule is CCN(C(=O)CCCCCNC(C)=O)C1CCCC1. The summed E-state index contributed by atoms with van der Waals surface area (Å²) in [5.74, 6) is 0.336. The van der Waals surface area contributed by atoms with Crippen LogP contribution in [0, 0.1) is 0 Å². The highest BCUT2D eigenvalue weighted by Gasteiger charge is 2.24. The number of amides is 2. The summed E-state index contributed by atoms with van der Waals surface area (Å²) < 4.78 is 0. The zero-order chi connectivity index (χ0) is 14.1. The lowest BCUT2D eigenvalue weighted by atomic mass is 10.1. The van der Waals surface area contributed by atoms with Crippen LogP contribution in [0.2, 0.25) is 0 Å². The molecule has 0 aromatic heterocycles. The molecule has 0 unspecified atom stereocenters. The highest BCUT2D eigenvalue weighted by molar-refractivity contribution is 5.76. The molecule has 1 aliphatic rings. The third kappa shape index (κ3) is 6.08. The van der Waals surface area contributed by atoms with E-state index in [1.54, 1.807) is 0 Å². The number of nitrogens with one attached hydrogen (secondary N) is 1. The van der Waals surface area contributed by atoms with E-state index in [0.717, 1.165) is 32.4 Å². The predicted molar refractivity (Wildman–Crippen MR) is 76.8 cm³/mol. The van der Waals surface area contributed by atoms with Crippen molar-refractivity contribution < 1.29 is 9.59 Å². The summed E-state index contributed by atoms with van der Waals surface area (Å²) in [7, 11) is 0. The van der Waals surface area contributed by atoms with Gasteiger partial charge in [-0.15, -0.1) is 0 Å². The van der Waals surface area contributed by atoms with Gasteiger partial charge in [0.05, 0.1) is 0 Å². The summed E-state index contributed by atoms with van der Waals surface area (Å²) >= 11 is 0. The lowest BCUT2D eigenvalue weighted by Gasteiger charge is -2.27. The van der Waals surface area contributed by atoms with Gasteiger partial charge < -0.3 is 10.2 Å². The maximum atomic E-state index is 12.2. The number of rotatable bonds is 8. The largest absolute Gasteiger partial charge is 0.356 e. The first-order valence-electron chi connectivity index (χ1n) is 7.69. The lowest BCUT2D eigenvalue weighted by molar-refractivity contribution is -0.133. The minimum Gasteiger partial charge on any atom is -0.356 e. The fourth-order valence-corrected chi connectivity index (χ4v) is 2.84. The smallest absolute Gasteiger partial charge is 0.222 e. The summed E-state index contributed by atoms with van der Waals surface area (Å²) in [6, 6.07) is 0.497. The van der Waals surface area contributed by atoms with Gasteiger partial charge in [-0.05, 0) is 32.6 Å². The molecule has 0 aromatic rings. The van der Waals surface area contributed by atoms with Gasteiger partial charge in [0.1, 0.15) is 0 Å². The van der Waals surface area contributed by atoms with Gasteiger partial charge >= 0.3 is 0 Å². The van der Waals surface area contributed by atoms with Gasteiger partial charge in [-0.1, -0.05) is 19.3 Å². The molecule has 1 saturated carbocycles. The summed E-state index contributed by atoms with van der Waals surface area (Å²) in [6.45, 7) is 5.18. The maximum Gasteiger partial charge on any atom is 0.222 e. The number of carbonyl (C=O) groups excluding carboxylic acids is 2. The Morgan fingerprint density at radius 2 is 1.84 bits per heavy atom. The van der Waals surface area contributed by atoms with Crippen molar-refractivity contribution in [3.8, 4) is 0 Å². The van der Waals surface area contributed by atoms with Crippen LogP contribution in [0.5, 0.6) is 0 Å². The monoisotopic (exact) mass is 268 g/mol. The molecule has 0 heterocycles. The molecule has 19 heavy (non-hydrogen) atoms. The number of nitrogens with zero attached hydrogens (tertiary/aromatic N) is 1.